The van der Waals surface area contributed by atoms with Crippen LogP contribution >= 0.6 is 0 Å². The molecule has 6 heteroatoms. The highest BCUT2D eigenvalue weighted by Crippen LogP contribution is 2.04. The minimum absolute atomic E-state index is 0.102. The van der Waals surface area contributed by atoms with E-state index in [2.05, 4.69) is 9.99 Å². The van der Waals surface area contributed by atoms with Gasteiger partial charge in [-0.3, -0.25) is 9.57 Å². The van der Waals surface area contributed by atoms with Gasteiger partial charge in [0.15, 0.2) is 5.69 Å². The fourth-order valence-electron chi connectivity index (χ4n) is 0.727. The first kappa shape index (κ1) is 7.55. The number of anilines is 1. The molecule has 0 saturated carbocycles. The number of aryl methyl sites for hydroxylation is 1. The third kappa shape index (κ3) is 1.30. The molecule has 0 amide bonds. The fourth-order valence-corrected chi connectivity index (χ4v) is 0.727. The summed E-state index contributed by atoms with van der Waals surface area (Å²) in [4.78, 5) is 14.1. The summed E-state index contributed by atoms with van der Waals surface area (Å²) in [6.07, 6.45) is 0. The monoisotopic (exact) mass is 157 g/mol. The van der Waals surface area contributed by atoms with E-state index >= 15 is 0 Å². The molecule has 0 atom stereocenters. The average Bonchev–Trinajstić information content (AvgIpc) is 2.28. The summed E-state index contributed by atoms with van der Waals surface area (Å²) in [6.45, 7) is 0. The van der Waals surface area contributed by atoms with E-state index in [1.165, 1.54) is 17.8 Å². The third-order valence-electron chi connectivity index (χ3n) is 1.19. The van der Waals surface area contributed by atoms with Crippen LogP contribution in [0.4, 0.5) is 5.82 Å². The largest absolute Gasteiger partial charge is 0.390 e. The summed E-state index contributed by atoms with van der Waals surface area (Å²) in [5.41, 5.74) is 5.35. The molecule has 1 aromatic rings. The Kier molecular flexibility index (Phi) is 1.77. The van der Waals surface area contributed by atoms with Crippen molar-refractivity contribution in [1.29, 1.82) is 0 Å². The Balaban J connectivity index is 3.03. The van der Waals surface area contributed by atoms with E-state index < -0.39 is 5.97 Å². The Bertz CT molecular complexity index is 281. The molecule has 60 valence electrons. The Labute approximate surface area is 62.1 Å². The molecule has 3 N–H and O–H groups in total. The van der Waals surface area contributed by atoms with Gasteiger partial charge in [-0.05, 0) is 0 Å². The molecule has 0 bridgehead atoms. The van der Waals surface area contributed by atoms with E-state index in [4.69, 9.17) is 11.0 Å². The van der Waals surface area contributed by atoms with Crippen molar-refractivity contribution in [2.45, 2.75) is 0 Å². The van der Waals surface area contributed by atoms with Gasteiger partial charge in [-0.1, -0.05) is 0 Å². The van der Waals surface area contributed by atoms with Crippen LogP contribution in [0.1, 0.15) is 10.5 Å². The molecular weight excluding hydrogens is 150 g/mol. The maximum atomic E-state index is 10.7. The van der Waals surface area contributed by atoms with Crippen LogP contribution in [0.25, 0.3) is 0 Å². The number of nitrogen functional groups attached to an aromatic ring is 1. The van der Waals surface area contributed by atoms with Crippen LogP contribution in [-0.2, 0) is 11.9 Å². The van der Waals surface area contributed by atoms with E-state index in [1.807, 2.05) is 0 Å². The molecule has 0 aliphatic carbocycles. The van der Waals surface area contributed by atoms with E-state index in [0.717, 1.165) is 0 Å². The second-order valence-electron chi connectivity index (χ2n) is 1.96. The van der Waals surface area contributed by atoms with Crippen molar-refractivity contribution in [1.82, 2.24) is 9.78 Å². The average molecular weight is 157 g/mol. The van der Waals surface area contributed by atoms with E-state index in [9.17, 15) is 4.79 Å². The highest BCUT2D eigenvalue weighted by atomic mass is 17.1. The summed E-state index contributed by atoms with van der Waals surface area (Å²) in [6, 6.07) is 1.30. The first-order valence-corrected chi connectivity index (χ1v) is 2.80. The minimum Gasteiger partial charge on any atom is -0.382 e. The fraction of sp³-hybridized carbons (Fsp3) is 0.200. The maximum Gasteiger partial charge on any atom is 0.390 e. The van der Waals surface area contributed by atoms with Gasteiger partial charge in [0.05, 0.1) is 0 Å². The van der Waals surface area contributed by atoms with Gasteiger partial charge in [0, 0.05) is 13.1 Å². The van der Waals surface area contributed by atoms with Crippen molar-refractivity contribution in [2.24, 2.45) is 7.05 Å². The van der Waals surface area contributed by atoms with E-state index in [0.29, 0.717) is 0 Å². The molecule has 0 spiro atoms. The van der Waals surface area contributed by atoms with Crippen LogP contribution in [-0.4, -0.2) is 21.0 Å². The number of nitrogens with two attached hydrogens (primary N) is 1. The van der Waals surface area contributed by atoms with Crippen LogP contribution in [0.15, 0.2) is 6.07 Å². The summed E-state index contributed by atoms with van der Waals surface area (Å²) >= 11 is 0. The van der Waals surface area contributed by atoms with Crippen LogP contribution in [0.3, 0.4) is 0 Å². The van der Waals surface area contributed by atoms with Gasteiger partial charge in [0.25, 0.3) is 0 Å². The summed E-state index contributed by atoms with van der Waals surface area (Å²) < 4.78 is 1.22. The third-order valence-corrected chi connectivity index (χ3v) is 1.19. The van der Waals surface area contributed by atoms with Gasteiger partial charge in [-0.15, -0.1) is 0 Å². The first-order chi connectivity index (χ1) is 5.15. The van der Waals surface area contributed by atoms with Crippen molar-refractivity contribution >= 4 is 11.8 Å². The zero-order valence-corrected chi connectivity index (χ0v) is 5.81. The summed E-state index contributed by atoms with van der Waals surface area (Å²) in [7, 11) is 1.52. The van der Waals surface area contributed by atoms with Crippen molar-refractivity contribution in [3.8, 4) is 0 Å². The van der Waals surface area contributed by atoms with Crippen LogP contribution in [0.2, 0.25) is 0 Å². The Morgan fingerprint density at radius 3 is 2.91 bits per heavy atom. The van der Waals surface area contributed by atoms with Gasteiger partial charge in [0.2, 0.25) is 0 Å². The van der Waals surface area contributed by atoms with Crippen LogP contribution < -0.4 is 5.73 Å². The highest BCUT2D eigenvalue weighted by Gasteiger charge is 2.12. The molecule has 6 nitrogen and oxygen atoms in total. The van der Waals surface area contributed by atoms with Crippen LogP contribution in [0, 0.1) is 0 Å². The van der Waals surface area contributed by atoms with Gasteiger partial charge >= 0.3 is 5.97 Å². The standard InChI is InChI=1S/C5H7N3O3/c1-8-3(5(9)11-10)2-4(6)7-8/h2,10H,1H3,(H2,6,7). The molecule has 1 heterocycles. The quantitative estimate of drug-likeness (QED) is 0.428. The van der Waals surface area contributed by atoms with Gasteiger partial charge < -0.3 is 5.73 Å². The predicted octanol–water partition coefficient (Wildman–Crippen LogP) is -0.368. The number of carbonyl (C=O) groups is 1. The molecule has 0 unspecified atom stereocenters. The Morgan fingerprint density at radius 2 is 2.55 bits per heavy atom. The summed E-state index contributed by atoms with van der Waals surface area (Å²) in [5, 5.41) is 11.7. The van der Waals surface area contributed by atoms with Gasteiger partial charge in [0.1, 0.15) is 5.82 Å². The molecule has 0 aliphatic heterocycles. The number of hydrogen-bond acceptors (Lipinski definition) is 5. The lowest BCUT2D eigenvalue weighted by atomic mass is 10.4. The number of rotatable bonds is 1. The molecule has 0 aromatic carbocycles. The van der Waals surface area contributed by atoms with Crippen molar-refractivity contribution < 1.29 is 14.9 Å². The smallest absolute Gasteiger partial charge is 0.382 e. The van der Waals surface area contributed by atoms with Gasteiger partial charge in [-0.25, -0.2) is 4.79 Å². The number of hydrogen-bond donors (Lipinski definition) is 2. The van der Waals surface area contributed by atoms with E-state index in [-0.39, 0.29) is 11.5 Å². The van der Waals surface area contributed by atoms with Crippen molar-refractivity contribution in [2.75, 3.05) is 5.73 Å². The predicted molar refractivity (Wildman–Crippen MR) is 35.7 cm³/mol. The Hall–Kier alpha value is -1.56. The minimum atomic E-state index is -0.878. The molecule has 11 heavy (non-hydrogen) atoms. The van der Waals surface area contributed by atoms with Crippen LogP contribution in [0.5, 0.6) is 0 Å². The number of nitrogens with zero attached hydrogens (tertiary/aromatic N) is 2. The number of carbonyl (C=O) groups excluding carboxylic acids is 1. The lowest BCUT2D eigenvalue weighted by Gasteiger charge is -1.94. The second kappa shape index (κ2) is 2.59. The highest BCUT2D eigenvalue weighted by molar-refractivity contribution is 5.87. The summed E-state index contributed by atoms with van der Waals surface area (Å²) in [5.74, 6) is -0.676. The number of aromatic nitrogens is 2. The molecule has 0 radical (unpaired) electrons. The zero-order valence-electron chi connectivity index (χ0n) is 5.81. The van der Waals surface area contributed by atoms with Crippen molar-refractivity contribution in [3.05, 3.63) is 11.8 Å². The van der Waals surface area contributed by atoms with E-state index in [1.54, 1.807) is 0 Å². The molecule has 1 aromatic heterocycles. The molecule has 0 fully saturated rings. The molecular formula is C5H7N3O3. The normalized spacial score (nSPS) is 9.64. The SMILES string of the molecule is Cn1nc(N)cc1C(=O)OO. The second-order valence-corrected chi connectivity index (χ2v) is 1.96. The lowest BCUT2D eigenvalue weighted by Crippen LogP contribution is -2.08. The zero-order chi connectivity index (χ0) is 8.43. The lowest BCUT2D eigenvalue weighted by molar-refractivity contribution is -0.183. The molecule has 0 aliphatic rings. The maximum absolute atomic E-state index is 10.7. The molecule has 1 rings (SSSR count). The molecule has 0 saturated heterocycles. The first-order valence-electron chi connectivity index (χ1n) is 2.80. The van der Waals surface area contributed by atoms with Gasteiger partial charge in [-0.2, -0.15) is 10.4 Å². The Morgan fingerprint density at radius 1 is 1.91 bits per heavy atom. The van der Waals surface area contributed by atoms with Crippen molar-refractivity contribution in [3.63, 3.8) is 0 Å². The topological polar surface area (TPSA) is 90.4 Å².